The zero-order chi connectivity index (χ0) is 25.6. The normalized spacial score (nSPS) is 12.0. The molecule has 1 N–H and O–H groups in total. The molecule has 1 atom stereocenters. The van der Waals surface area contributed by atoms with Gasteiger partial charge in [0, 0.05) is 18.1 Å². The highest BCUT2D eigenvalue weighted by molar-refractivity contribution is 9.10. The van der Waals surface area contributed by atoms with Gasteiger partial charge in [0.2, 0.25) is 11.8 Å². The van der Waals surface area contributed by atoms with E-state index in [1.165, 1.54) is 24.1 Å². The first-order valence-electron chi connectivity index (χ1n) is 11.0. The third kappa shape index (κ3) is 6.49. The molecule has 3 aromatic carbocycles. The van der Waals surface area contributed by atoms with Gasteiger partial charge in [-0.15, -0.1) is 0 Å². The fourth-order valence-corrected chi connectivity index (χ4v) is 5.30. The minimum Gasteiger partial charge on any atom is -0.357 e. The number of rotatable bonds is 9. The second kappa shape index (κ2) is 11.5. The summed E-state index contributed by atoms with van der Waals surface area (Å²) in [5, 5.41) is 2.57. The standard InChI is InChI=1S/C26H28BrN3O4S/c1-19-8-7-9-23(16-19)30(35(33,34)24-10-5-4-6-11-24)18-25(31)29(20(2)26(32)28-3)17-21-12-14-22(27)15-13-21/h4-16,20H,17-18H2,1-3H3,(H,28,32)/t20-/m1/s1. The molecule has 3 aromatic rings. The Hall–Kier alpha value is -3.17. The Balaban J connectivity index is 2.01. The van der Waals surface area contributed by atoms with E-state index in [0.29, 0.717) is 5.69 Å². The van der Waals surface area contributed by atoms with Crippen LogP contribution in [0, 0.1) is 6.92 Å². The van der Waals surface area contributed by atoms with Crippen molar-refractivity contribution in [2.24, 2.45) is 0 Å². The van der Waals surface area contributed by atoms with E-state index in [1.807, 2.05) is 37.3 Å². The van der Waals surface area contributed by atoms with Crippen LogP contribution in [0.5, 0.6) is 0 Å². The first kappa shape index (κ1) is 26.4. The van der Waals surface area contributed by atoms with Crippen LogP contribution >= 0.6 is 15.9 Å². The number of amides is 2. The first-order chi connectivity index (χ1) is 16.6. The SMILES string of the molecule is CNC(=O)[C@@H](C)N(Cc1ccc(Br)cc1)C(=O)CN(c1cccc(C)c1)S(=O)(=O)c1ccccc1. The number of hydrogen-bond acceptors (Lipinski definition) is 4. The predicted octanol–water partition coefficient (Wildman–Crippen LogP) is 4.12. The van der Waals surface area contributed by atoms with Gasteiger partial charge in [0.1, 0.15) is 12.6 Å². The summed E-state index contributed by atoms with van der Waals surface area (Å²) in [5.74, 6) is -0.839. The molecule has 9 heteroatoms. The lowest BCUT2D eigenvalue weighted by molar-refractivity contribution is -0.139. The molecule has 0 spiro atoms. The van der Waals surface area contributed by atoms with E-state index in [-0.39, 0.29) is 17.3 Å². The zero-order valence-electron chi connectivity index (χ0n) is 19.8. The Morgan fingerprint density at radius 1 is 0.971 bits per heavy atom. The van der Waals surface area contributed by atoms with E-state index >= 15 is 0 Å². The summed E-state index contributed by atoms with van der Waals surface area (Å²) < 4.78 is 29.2. The average molecular weight is 558 g/mol. The second-order valence-electron chi connectivity index (χ2n) is 8.10. The fraction of sp³-hybridized carbons (Fsp3) is 0.231. The maximum Gasteiger partial charge on any atom is 0.264 e. The van der Waals surface area contributed by atoms with E-state index in [9.17, 15) is 18.0 Å². The number of carbonyl (C=O) groups excluding carboxylic acids is 2. The van der Waals surface area contributed by atoms with Crippen molar-refractivity contribution in [3.05, 3.63) is 94.5 Å². The Bertz CT molecular complexity index is 1280. The molecule has 0 aromatic heterocycles. The Labute approximate surface area is 214 Å². The maximum absolute atomic E-state index is 13.7. The molecule has 184 valence electrons. The molecular weight excluding hydrogens is 530 g/mol. The van der Waals surface area contributed by atoms with Crippen molar-refractivity contribution in [1.82, 2.24) is 10.2 Å². The largest absolute Gasteiger partial charge is 0.357 e. The lowest BCUT2D eigenvalue weighted by Crippen LogP contribution is -2.50. The fourth-order valence-electron chi connectivity index (χ4n) is 3.61. The topological polar surface area (TPSA) is 86.8 Å². The van der Waals surface area contributed by atoms with E-state index in [1.54, 1.807) is 43.3 Å². The van der Waals surface area contributed by atoms with Crippen LogP contribution in [0.4, 0.5) is 5.69 Å². The van der Waals surface area contributed by atoms with Gasteiger partial charge in [-0.3, -0.25) is 13.9 Å². The number of hydrogen-bond donors (Lipinski definition) is 1. The van der Waals surface area contributed by atoms with E-state index < -0.39 is 28.5 Å². The van der Waals surface area contributed by atoms with Gasteiger partial charge in [0.15, 0.2) is 0 Å². The van der Waals surface area contributed by atoms with Gasteiger partial charge in [-0.05, 0) is 61.4 Å². The highest BCUT2D eigenvalue weighted by atomic mass is 79.9. The van der Waals surface area contributed by atoms with Gasteiger partial charge in [-0.2, -0.15) is 0 Å². The highest BCUT2D eigenvalue weighted by Gasteiger charge is 2.32. The van der Waals surface area contributed by atoms with Gasteiger partial charge in [-0.25, -0.2) is 8.42 Å². The summed E-state index contributed by atoms with van der Waals surface area (Å²) >= 11 is 3.39. The van der Waals surface area contributed by atoms with Crippen molar-refractivity contribution in [3.63, 3.8) is 0 Å². The van der Waals surface area contributed by atoms with Gasteiger partial charge >= 0.3 is 0 Å². The summed E-state index contributed by atoms with van der Waals surface area (Å²) in [7, 11) is -2.55. The summed E-state index contributed by atoms with van der Waals surface area (Å²) in [6.07, 6.45) is 0. The van der Waals surface area contributed by atoms with Crippen LogP contribution < -0.4 is 9.62 Å². The first-order valence-corrected chi connectivity index (χ1v) is 13.3. The number of aryl methyl sites for hydroxylation is 1. The molecule has 3 rings (SSSR count). The number of nitrogens with zero attached hydrogens (tertiary/aromatic N) is 2. The molecule has 0 bridgehead atoms. The number of anilines is 1. The molecule has 0 aliphatic heterocycles. The molecule has 35 heavy (non-hydrogen) atoms. The van der Waals surface area contributed by atoms with Crippen LogP contribution in [-0.2, 0) is 26.2 Å². The molecule has 0 saturated heterocycles. The van der Waals surface area contributed by atoms with Gasteiger partial charge in [-0.1, -0.05) is 58.4 Å². The van der Waals surface area contributed by atoms with Crippen molar-refractivity contribution >= 4 is 43.5 Å². The molecule has 0 radical (unpaired) electrons. The lowest BCUT2D eigenvalue weighted by Gasteiger charge is -2.31. The smallest absolute Gasteiger partial charge is 0.264 e. The summed E-state index contributed by atoms with van der Waals surface area (Å²) in [5.41, 5.74) is 2.04. The van der Waals surface area contributed by atoms with Gasteiger partial charge in [0.25, 0.3) is 10.0 Å². The van der Waals surface area contributed by atoms with Crippen LogP contribution in [0.1, 0.15) is 18.1 Å². The van der Waals surface area contributed by atoms with E-state index in [2.05, 4.69) is 21.2 Å². The monoisotopic (exact) mass is 557 g/mol. The third-order valence-electron chi connectivity index (χ3n) is 5.58. The maximum atomic E-state index is 13.7. The predicted molar refractivity (Wildman–Crippen MR) is 140 cm³/mol. The van der Waals surface area contributed by atoms with Crippen LogP contribution in [0.3, 0.4) is 0 Å². The lowest BCUT2D eigenvalue weighted by atomic mass is 10.1. The summed E-state index contributed by atoms with van der Waals surface area (Å²) in [6, 6.07) is 21.5. The minimum absolute atomic E-state index is 0.0770. The number of halogens is 1. The van der Waals surface area contributed by atoms with Crippen molar-refractivity contribution in [2.75, 3.05) is 17.9 Å². The van der Waals surface area contributed by atoms with E-state index in [0.717, 1.165) is 19.9 Å². The van der Waals surface area contributed by atoms with Crippen LogP contribution in [0.15, 0.2) is 88.2 Å². The molecule has 2 amide bonds. The molecule has 0 unspecified atom stereocenters. The second-order valence-corrected chi connectivity index (χ2v) is 10.9. The Kier molecular flexibility index (Phi) is 8.69. The minimum atomic E-state index is -4.05. The van der Waals surface area contributed by atoms with Crippen LogP contribution in [0.25, 0.3) is 0 Å². The quantitative estimate of drug-likeness (QED) is 0.428. The number of sulfonamides is 1. The molecule has 0 heterocycles. The molecular formula is C26H28BrN3O4S. The number of nitrogens with one attached hydrogen (secondary N) is 1. The molecule has 0 fully saturated rings. The molecule has 0 aliphatic rings. The van der Waals surface area contributed by atoms with Gasteiger partial charge in [0.05, 0.1) is 10.6 Å². The number of benzene rings is 3. The van der Waals surface area contributed by atoms with Crippen molar-refractivity contribution < 1.29 is 18.0 Å². The number of carbonyl (C=O) groups is 2. The molecule has 0 aliphatic carbocycles. The van der Waals surface area contributed by atoms with Crippen molar-refractivity contribution in [1.29, 1.82) is 0 Å². The summed E-state index contributed by atoms with van der Waals surface area (Å²) in [6.45, 7) is 3.16. The van der Waals surface area contributed by atoms with Crippen molar-refractivity contribution in [3.8, 4) is 0 Å². The van der Waals surface area contributed by atoms with E-state index in [4.69, 9.17) is 0 Å². The number of likely N-dealkylation sites (N-methyl/N-ethyl adjacent to an activating group) is 1. The Morgan fingerprint density at radius 2 is 1.63 bits per heavy atom. The molecule has 7 nitrogen and oxygen atoms in total. The van der Waals surface area contributed by atoms with Crippen molar-refractivity contribution in [2.45, 2.75) is 31.3 Å². The average Bonchev–Trinajstić information content (AvgIpc) is 2.86. The van der Waals surface area contributed by atoms with Crippen LogP contribution in [0.2, 0.25) is 0 Å². The van der Waals surface area contributed by atoms with Crippen LogP contribution in [-0.4, -0.2) is 44.8 Å². The van der Waals surface area contributed by atoms with Gasteiger partial charge < -0.3 is 10.2 Å². The summed E-state index contributed by atoms with van der Waals surface area (Å²) in [4.78, 5) is 27.6. The third-order valence-corrected chi connectivity index (χ3v) is 7.90. The highest BCUT2D eigenvalue weighted by Crippen LogP contribution is 2.25. The zero-order valence-corrected chi connectivity index (χ0v) is 22.2. The molecule has 0 saturated carbocycles. The Morgan fingerprint density at radius 3 is 2.23 bits per heavy atom.